The third-order valence-electron chi connectivity index (χ3n) is 1.63. The summed E-state index contributed by atoms with van der Waals surface area (Å²) >= 11 is 0. The van der Waals surface area contributed by atoms with Crippen LogP contribution in [0.5, 0.6) is 0 Å². The van der Waals surface area contributed by atoms with Gasteiger partial charge in [0.05, 0.1) is 15.4 Å². The number of carbonyl (C=O) groups is 1. The normalized spacial score (nSPS) is 9.67. The number of hydrogen-bond acceptors (Lipinski definition) is 5. The minimum atomic E-state index is -1.50. The minimum Gasteiger partial charge on any atom is -0.298 e. The quantitative estimate of drug-likeness (QED) is 0.430. The SMILES string of the molecule is O=Cc1ccc([N+](=O)[O-])c([N+](=O)[O-])c1F. The highest BCUT2D eigenvalue weighted by Crippen LogP contribution is 2.30. The van der Waals surface area contributed by atoms with E-state index in [9.17, 15) is 29.4 Å². The molecule has 0 radical (unpaired) electrons. The van der Waals surface area contributed by atoms with Crippen molar-refractivity contribution in [1.82, 2.24) is 0 Å². The summed E-state index contributed by atoms with van der Waals surface area (Å²) in [6.07, 6.45) is 0.0477. The lowest BCUT2D eigenvalue weighted by Gasteiger charge is -1.97. The van der Waals surface area contributed by atoms with Crippen molar-refractivity contribution in [2.75, 3.05) is 0 Å². The second-order valence-electron chi connectivity index (χ2n) is 2.47. The Labute approximate surface area is 81.4 Å². The molecule has 0 aliphatic carbocycles. The average Bonchev–Trinajstić information content (AvgIpc) is 2.16. The summed E-state index contributed by atoms with van der Waals surface area (Å²) in [5.74, 6) is -1.50. The van der Waals surface area contributed by atoms with E-state index < -0.39 is 32.6 Å². The van der Waals surface area contributed by atoms with Crippen LogP contribution in [-0.4, -0.2) is 16.1 Å². The maximum absolute atomic E-state index is 13.2. The molecule has 0 aliphatic heterocycles. The largest absolute Gasteiger partial charge is 0.381 e. The molecule has 8 heteroatoms. The lowest BCUT2D eigenvalue weighted by Crippen LogP contribution is -2.02. The Hall–Kier alpha value is -2.38. The van der Waals surface area contributed by atoms with Gasteiger partial charge in [-0.2, -0.15) is 4.39 Å². The van der Waals surface area contributed by atoms with Crippen LogP contribution >= 0.6 is 0 Å². The fraction of sp³-hybridized carbons (Fsp3) is 0. The van der Waals surface area contributed by atoms with E-state index in [4.69, 9.17) is 0 Å². The average molecular weight is 214 g/mol. The molecule has 0 spiro atoms. The number of benzene rings is 1. The lowest BCUT2D eigenvalue weighted by molar-refractivity contribution is -0.424. The smallest absolute Gasteiger partial charge is 0.298 e. The fourth-order valence-electron chi connectivity index (χ4n) is 0.982. The molecule has 0 N–H and O–H groups in total. The zero-order chi connectivity index (χ0) is 11.6. The van der Waals surface area contributed by atoms with Crippen molar-refractivity contribution in [3.8, 4) is 0 Å². The molecule has 1 aromatic carbocycles. The molecule has 7 nitrogen and oxygen atoms in total. The number of carbonyl (C=O) groups excluding carboxylic acids is 1. The molecule has 0 fully saturated rings. The summed E-state index contributed by atoms with van der Waals surface area (Å²) in [5.41, 5.74) is -2.87. The van der Waals surface area contributed by atoms with Gasteiger partial charge in [-0.05, 0) is 6.07 Å². The predicted molar refractivity (Wildman–Crippen MR) is 45.1 cm³/mol. The molecule has 1 aromatic rings. The van der Waals surface area contributed by atoms with Crippen LogP contribution in [-0.2, 0) is 0 Å². The van der Waals surface area contributed by atoms with E-state index in [2.05, 4.69) is 0 Å². The molecular formula is C7H3FN2O5. The van der Waals surface area contributed by atoms with E-state index in [-0.39, 0.29) is 6.29 Å². The lowest BCUT2D eigenvalue weighted by atomic mass is 10.2. The second-order valence-corrected chi connectivity index (χ2v) is 2.47. The van der Waals surface area contributed by atoms with Crippen molar-refractivity contribution < 1.29 is 19.0 Å². The number of hydrogen-bond donors (Lipinski definition) is 0. The molecule has 0 aliphatic rings. The molecule has 0 bridgehead atoms. The molecule has 0 saturated carbocycles. The third-order valence-corrected chi connectivity index (χ3v) is 1.63. The predicted octanol–water partition coefficient (Wildman–Crippen LogP) is 1.45. The van der Waals surface area contributed by atoms with E-state index in [1.165, 1.54) is 0 Å². The van der Waals surface area contributed by atoms with Crippen LogP contribution in [0.2, 0.25) is 0 Å². The Morgan fingerprint density at radius 1 is 1.20 bits per heavy atom. The first-order valence-electron chi connectivity index (χ1n) is 3.55. The number of nitro groups is 2. The number of rotatable bonds is 3. The fourth-order valence-corrected chi connectivity index (χ4v) is 0.982. The zero-order valence-electron chi connectivity index (χ0n) is 7.05. The molecular weight excluding hydrogens is 211 g/mol. The van der Waals surface area contributed by atoms with Crippen molar-refractivity contribution in [1.29, 1.82) is 0 Å². The Balaban J connectivity index is 3.58. The van der Waals surface area contributed by atoms with Crippen molar-refractivity contribution in [3.05, 3.63) is 43.7 Å². The van der Waals surface area contributed by atoms with Crippen molar-refractivity contribution in [2.24, 2.45) is 0 Å². The van der Waals surface area contributed by atoms with Crippen LogP contribution in [0.15, 0.2) is 12.1 Å². The Morgan fingerprint density at radius 3 is 2.20 bits per heavy atom. The Morgan fingerprint density at radius 2 is 1.80 bits per heavy atom. The summed E-state index contributed by atoms with van der Waals surface area (Å²) in [6, 6.07) is 1.53. The van der Waals surface area contributed by atoms with Gasteiger partial charge in [-0.25, -0.2) is 0 Å². The maximum atomic E-state index is 13.2. The molecule has 0 atom stereocenters. The van der Waals surface area contributed by atoms with E-state index >= 15 is 0 Å². The molecule has 0 aromatic heterocycles. The van der Waals surface area contributed by atoms with Gasteiger partial charge in [0.15, 0.2) is 6.29 Å². The highest BCUT2D eigenvalue weighted by Gasteiger charge is 2.31. The third kappa shape index (κ3) is 1.77. The Kier molecular flexibility index (Phi) is 2.70. The molecule has 0 heterocycles. The monoisotopic (exact) mass is 214 g/mol. The van der Waals surface area contributed by atoms with Gasteiger partial charge in [0.2, 0.25) is 5.82 Å². The summed E-state index contributed by atoms with van der Waals surface area (Å²) in [7, 11) is 0. The van der Waals surface area contributed by atoms with E-state index in [0.29, 0.717) is 6.07 Å². The van der Waals surface area contributed by atoms with Gasteiger partial charge < -0.3 is 0 Å². The van der Waals surface area contributed by atoms with Crippen LogP contribution < -0.4 is 0 Å². The van der Waals surface area contributed by atoms with Crippen LogP contribution in [0.1, 0.15) is 10.4 Å². The van der Waals surface area contributed by atoms with Crippen LogP contribution in [0.3, 0.4) is 0 Å². The molecule has 0 amide bonds. The van der Waals surface area contributed by atoms with E-state index in [1.807, 2.05) is 0 Å². The number of nitro benzene ring substituents is 2. The van der Waals surface area contributed by atoms with Gasteiger partial charge in [0.25, 0.3) is 0 Å². The summed E-state index contributed by atoms with van der Waals surface area (Å²) < 4.78 is 13.2. The maximum Gasteiger partial charge on any atom is 0.381 e. The summed E-state index contributed by atoms with van der Waals surface area (Å²) in [5, 5.41) is 20.7. The zero-order valence-corrected chi connectivity index (χ0v) is 7.05. The highest BCUT2D eigenvalue weighted by molar-refractivity contribution is 5.78. The van der Waals surface area contributed by atoms with Crippen molar-refractivity contribution in [3.63, 3.8) is 0 Å². The molecule has 0 unspecified atom stereocenters. The van der Waals surface area contributed by atoms with Gasteiger partial charge in [0.1, 0.15) is 0 Å². The first-order chi connectivity index (χ1) is 6.99. The first kappa shape index (κ1) is 10.7. The Bertz CT molecular complexity index is 459. The van der Waals surface area contributed by atoms with E-state index in [1.54, 1.807) is 0 Å². The van der Waals surface area contributed by atoms with Crippen LogP contribution in [0, 0.1) is 26.0 Å². The van der Waals surface area contributed by atoms with Crippen molar-refractivity contribution in [2.45, 2.75) is 0 Å². The van der Waals surface area contributed by atoms with Gasteiger partial charge in [-0.1, -0.05) is 0 Å². The summed E-state index contributed by atoms with van der Waals surface area (Å²) in [4.78, 5) is 28.6. The number of nitrogens with zero attached hydrogens (tertiary/aromatic N) is 2. The standard InChI is InChI=1S/C7H3FN2O5/c8-6-4(3-11)1-2-5(9(12)13)7(6)10(14)15/h1-3H. The van der Waals surface area contributed by atoms with Gasteiger partial charge in [-0.3, -0.25) is 25.0 Å². The number of halogens is 1. The highest BCUT2D eigenvalue weighted by atomic mass is 19.1. The number of aldehydes is 1. The van der Waals surface area contributed by atoms with Crippen molar-refractivity contribution >= 4 is 17.7 Å². The molecule has 1 rings (SSSR count). The van der Waals surface area contributed by atoms with Gasteiger partial charge in [-0.15, -0.1) is 0 Å². The van der Waals surface area contributed by atoms with Crippen LogP contribution in [0.4, 0.5) is 15.8 Å². The van der Waals surface area contributed by atoms with E-state index in [0.717, 1.165) is 6.07 Å². The topological polar surface area (TPSA) is 103 Å². The molecule has 0 saturated heterocycles. The van der Waals surface area contributed by atoms with Gasteiger partial charge >= 0.3 is 11.4 Å². The summed E-state index contributed by atoms with van der Waals surface area (Å²) in [6.45, 7) is 0. The van der Waals surface area contributed by atoms with Crippen LogP contribution in [0.25, 0.3) is 0 Å². The second kappa shape index (κ2) is 3.78. The first-order valence-corrected chi connectivity index (χ1v) is 3.55. The molecule has 15 heavy (non-hydrogen) atoms. The molecule has 78 valence electrons. The van der Waals surface area contributed by atoms with Gasteiger partial charge in [0, 0.05) is 6.07 Å². The minimum absolute atomic E-state index is 0.0477.